The number of benzene rings is 1. The van der Waals surface area contributed by atoms with E-state index in [9.17, 15) is 4.79 Å². The largest absolute Gasteiger partial charge is 0.349 e. The first-order valence-corrected chi connectivity index (χ1v) is 6.73. The molecule has 98 valence electrons. The van der Waals surface area contributed by atoms with E-state index in [4.69, 9.17) is 11.6 Å². The van der Waals surface area contributed by atoms with Crippen molar-refractivity contribution in [2.24, 2.45) is 5.92 Å². The molecule has 0 aromatic heterocycles. The summed E-state index contributed by atoms with van der Waals surface area (Å²) in [5.41, 5.74) is 1.62. The van der Waals surface area contributed by atoms with E-state index in [0.29, 0.717) is 16.5 Å². The standard InChI is InChI=1S/C14H19ClN2O/c1-9-3-4-11(7-12(9)15)14(18)17-13-5-6-16-8-10(13)2/h3-4,7,10,13,16H,5-6,8H2,1-2H3,(H,17,18). The molecule has 1 heterocycles. The Hall–Kier alpha value is -1.06. The van der Waals surface area contributed by atoms with Gasteiger partial charge in [0.25, 0.3) is 5.91 Å². The third-order valence-corrected chi connectivity index (χ3v) is 3.94. The van der Waals surface area contributed by atoms with Crippen LogP contribution in [0.25, 0.3) is 0 Å². The molecule has 1 amide bonds. The van der Waals surface area contributed by atoms with Crippen molar-refractivity contribution >= 4 is 17.5 Å². The smallest absolute Gasteiger partial charge is 0.251 e. The second-order valence-electron chi connectivity index (χ2n) is 5.01. The molecule has 2 unspecified atom stereocenters. The SMILES string of the molecule is Cc1ccc(C(=O)NC2CCNCC2C)cc1Cl. The van der Waals surface area contributed by atoms with Crippen molar-refractivity contribution in [1.82, 2.24) is 10.6 Å². The summed E-state index contributed by atoms with van der Waals surface area (Å²) in [5.74, 6) is 0.430. The Morgan fingerprint density at radius 2 is 2.28 bits per heavy atom. The van der Waals surface area contributed by atoms with Crippen LogP contribution in [-0.4, -0.2) is 25.0 Å². The first-order chi connectivity index (χ1) is 8.58. The van der Waals surface area contributed by atoms with Crippen LogP contribution in [-0.2, 0) is 0 Å². The molecular formula is C14H19ClN2O. The Kier molecular flexibility index (Phi) is 4.25. The fraction of sp³-hybridized carbons (Fsp3) is 0.500. The van der Waals surface area contributed by atoms with E-state index in [1.807, 2.05) is 19.1 Å². The van der Waals surface area contributed by atoms with E-state index in [-0.39, 0.29) is 11.9 Å². The van der Waals surface area contributed by atoms with Crippen LogP contribution in [0.5, 0.6) is 0 Å². The van der Waals surface area contributed by atoms with Crippen molar-refractivity contribution in [2.75, 3.05) is 13.1 Å². The van der Waals surface area contributed by atoms with Crippen molar-refractivity contribution in [1.29, 1.82) is 0 Å². The van der Waals surface area contributed by atoms with Crippen molar-refractivity contribution in [2.45, 2.75) is 26.3 Å². The van der Waals surface area contributed by atoms with Crippen LogP contribution in [0.4, 0.5) is 0 Å². The lowest BCUT2D eigenvalue weighted by Crippen LogP contribution is -2.48. The highest BCUT2D eigenvalue weighted by Crippen LogP contribution is 2.17. The Balaban J connectivity index is 2.04. The van der Waals surface area contributed by atoms with Crippen molar-refractivity contribution in [3.05, 3.63) is 34.3 Å². The number of piperidine rings is 1. The molecule has 0 bridgehead atoms. The lowest BCUT2D eigenvalue weighted by Gasteiger charge is -2.30. The number of amides is 1. The Bertz CT molecular complexity index is 447. The predicted molar refractivity (Wildman–Crippen MR) is 74.1 cm³/mol. The zero-order valence-corrected chi connectivity index (χ0v) is 11.6. The first kappa shape index (κ1) is 13.4. The molecule has 1 aromatic rings. The maximum Gasteiger partial charge on any atom is 0.251 e. The van der Waals surface area contributed by atoms with Gasteiger partial charge in [-0.05, 0) is 50.0 Å². The lowest BCUT2D eigenvalue weighted by atomic mass is 9.95. The highest BCUT2D eigenvalue weighted by atomic mass is 35.5. The Labute approximate surface area is 113 Å². The Morgan fingerprint density at radius 1 is 1.50 bits per heavy atom. The van der Waals surface area contributed by atoms with Gasteiger partial charge in [-0.3, -0.25) is 4.79 Å². The van der Waals surface area contributed by atoms with E-state index in [1.165, 1.54) is 0 Å². The molecule has 4 heteroatoms. The third kappa shape index (κ3) is 3.03. The summed E-state index contributed by atoms with van der Waals surface area (Å²) in [6.07, 6.45) is 0.979. The third-order valence-electron chi connectivity index (χ3n) is 3.54. The van der Waals surface area contributed by atoms with Gasteiger partial charge in [0.15, 0.2) is 0 Å². The fourth-order valence-corrected chi connectivity index (χ4v) is 2.39. The van der Waals surface area contributed by atoms with Gasteiger partial charge in [0.2, 0.25) is 0 Å². The molecule has 1 aliphatic rings. The molecule has 1 aliphatic heterocycles. The summed E-state index contributed by atoms with van der Waals surface area (Å²) in [4.78, 5) is 12.1. The molecule has 1 aromatic carbocycles. The van der Waals surface area contributed by atoms with Crippen molar-refractivity contribution in [3.63, 3.8) is 0 Å². The van der Waals surface area contributed by atoms with Gasteiger partial charge in [-0.25, -0.2) is 0 Å². The average Bonchev–Trinajstić information content (AvgIpc) is 2.35. The molecule has 0 aliphatic carbocycles. The van der Waals surface area contributed by atoms with Gasteiger partial charge in [0.1, 0.15) is 0 Å². The molecule has 0 radical (unpaired) electrons. The molecule has 1 fully saturated rings. The maximum absolute atomic E-state index is 12.1. The van der Waals surface area contributed by atoms with Gasteiger partial charge >= 0.3 is 0 Å². The van der Waals surface area contributed by atoms with Crippen LogP contribution in [0, 0.1) is 12.8 Å². The molecule has 2 rings (SSSR count). The number of halogens is 1. The Morgan fingerprint density at radius 3 is 2.94 bits per heavy atom. The number of hydrogen-bond acceptors (Lipinski definition) is 2. The fourth-order valence-electron chi connectivity index (χ4n) is 2.21. The summed E-state index contributed by atoms with van der Waals surface area (Å²) >= 11 is 6.04. The van der Waals surface area contributed by atoms with Gasteiger partial charge in [-0.15, -0.1) is 0 Å². The van der Waals surface area contributed by atoms with Gasteiger partial charge in [-0.1, -0.05) is 24.6 Å². The summed E-state index contributed by atoms with van der Waals surface area (Å²) < 4.78 is 0. The number of rotatable bonds is 2. The highest BCUT2D eigenvalue weighted by molar-refractivity contribution is 6.31. The average molecular weight is 267 g/mol. The van der Waals surface area contributed by atoms with Crippen LogP contribution in [0.2, 0.25) is 5.02 Å². The predicted octanol–water partition coefficient (Wildman–Crippen LogP) is 2.38. The van der Waals surface area contributed by atoms with Crippen LogP contribution < -0.4 is 10.6 Å². The van der Waals surface area contributed by atoms with E-state index in [2.05, 4.69) is 17.6 Å². The van der Waals surface area contributed by atoms with E-state index >= 15 is 0 Å². The lowest BCUT2D eigenvalue weighted by molar-refractivity contribution is 0.0914. The number of hydrogen-bond donors (Lipinski definition) is 2. The van der Waals surface area contributed by atoms with E-state index in [0.717, 1.165) is 25.1 Å². The quantitative estimate of drug-likeness (QED) is 0.863. The van der Waals surface area contributed by atoms with Crippen molar-refractivity contribution in [3.8, 4) is 0 Å². The maximum atomic E-state index is 12.1. The molecule has 2 atom stereocenters. The van der Waals surface area contributed by atoms with Crippen LogP contribution in [0.3, 0.4) is 0 Å². The summed E-state index contributed by atoms with van der Waals surface area (Å²) in [7, 11) is 0. The van der Waals surface area contributed by atoms with Crippen LogP contribution in [0.15, 0.2) is 18.2 Å². The molecule has 18 heavy (non-hydrogen) atoms. The van der Waals surface area contributed by atoms with E-state index < -0.39 is 0 Å². The number of carbonyl (C=O) groups excluding carboxylic acids is 1. The zero-order chi connectivity index (χ0) is 13.1. The second kappa shape index (κ2) is 5.72. The summed E-state index contributed by atoms with van der Waals surface area (Å²) in [6, 6.07) is 5.68. The summed E-state index contributed by atoms with van der Waals surface area (Å²) in [6.45, 7) is 6.00. The van der Waals surface area contributed by atoms with Crippen molar-refractivity contribution < 1.29 is 4.79 Å². The second-order valence-corrected chi connectivity index (χ2v) is 5.42. The van der Waals surface area contributed by atoms with Crippen LogP contribution in [0.1, 0.15) is 29.3 Å². The number of nitrogens with one attached hydrogen (secondary N) is 2. The van der Waals surface area contributed by atoms with Crippen LogP contribution >= 0.6 is 11.6 Å². The molecule has 1 saturated heterocycles. The van der Waals surface area contributed by atoms with Gasteiger partial charge < -0.3 is 10.6 Å². The molecule has 0 saturated carbocycles. The topological polar surface area (TPSA) is 41.1 Å². The van der Waals surface area contributed by atoms with E-state index in [1.54, 1.807) is 6.07 Å². The normalized spacial score (nSPS) is 23.7. The molecular weight excluding hydrogens is 248 g/mol. The molecule has 3 nitrogen and oxygen atoms in total. The number of carbonyl (C=O) groups is 1. The zero-order valence-electron chi connectivity index (χ0n) is 10.8. The molecule has 2 N–H and O–H groups in total. The minimum Gasteiger partial charge on any atom is -0.349 e. The highest BCUT2D eigenvalue weighted by Gasteiger charge is 2.23. The van der Waals surface area contributed by atoms with Gasteiger partial charge in [0.05, 0.1) is 0 Å². The first-order valence-electron chi connectivity index (χ1n) is 6.35. The minimum absolute atomic E-state index is 0.0318. The van der Waals surface area contributed by atoms with Gasteiger partial charge in [0, 0.05) is 16.6 Å². The summed E-state index contributed by atoms with van der Waals surface area (Å²) in [5, 5.41) is 7.06. The monoisotopic (exact) mass is 266 g/mol. The minimum atomic E-state index is -0.0318. The molecule has 0 spiro atoms. The number of aryl methyl sites for hydroxylation is 1. The van der Waals surface area contributed by atoms with Gasteiger partial charge in [-0.2, -0.15) is 0 Å².